The molecule has 0 bridgehead atoms. The van der Waals surface area contributed by atoms with Crippen molar-refractivity contribution in [2.45, 2.75) is 13.8 Å². The summed E-state index contributed by atoms with van der Waals surface area (Å²) in [6.07, 6.45) is 0. The second-order valence-electron chi connectivity index (χ2n) is 6.55. The van der Waals surface area contributed by atoms with Gasteiger partial charge in [0.1, 0.15) is 0 Å². The molecule has 0 radical (unpaired) electrons. The molecule has 138 valence electrons. The van der Waals surface area contributed by atoms with Crippen molar-refractivity contribution in [2.75, 3.05) is 11.5 Å². The lowest BCUT2D eigenvalue weighted by atomic mass is 10.1. The van der Waals surface area contributed by atoms with E-state index in [1.807, 2.05) is 13.8 Å². The van der Waals surface area contributed by atoms with E-state index in [2.05, 4.69) is 0 Å². The number of carboxylic acids is 1. The maximum atomic E-state index is 12.7. The fourth-order valence-corrected chi connectivity index (χ4v) is 2.71. The Balaban J connectivity index is 1.92. The summed E-state index contributed by atoms with van der Waals surface area (Å²) in [5.74, 6) is -2.76. The lowest BCUT2D eigenvalue weighted by molar-refractivity contribution is 0.0458. The van der Waals surface area contributed by atoms with E-state index >= 15 is 0 Å². The Bertz CT molecular complexity index is 963. The highest BCUT2D eigenvalue weighted by atomic mass is 16.5. The number of amides is 2. The van der Waals surface area contributed by atoms with Crippen LogP contribution >= 0.6 is 0 Å². The number of esters is 1. The first kappa shape index (κ1) is 18.3. The van der Waals surface area contributed by atoms with Crippen LogP contribution in [0.15, 0.2) is 42.5 Å². The molecule has 1 aliphatic heterocycles. The third kappa shape index (κ3) is 3.44. The third-order valence-electron chi connectivity index (χ3n) is 4.02. The van der Waals surface area contributed by atoms with Crippen LogP contribution in [0, 0.1) is 5.92 Å². The van der Waals surface area contributed by atoms with Gasteiger partial charge in [-0.15, -0.1) is 0 Å². The summed E-state index contributed by atoms with van der Waals surface area (Å²) in [7, 11) is 0. The first-order valence-corrected chi connectivity index (χ1v) is 8.33. The fourth-order valence-electron chi connectivity index (χ4n) is 2.71. The van der Waals surface area contributed by atoms with E-state index in [0.717, 1.165) is 4.90 Å². The van der Waals surface area contributed by atoms with Gasteiger partial charge >= 0.3 is 11.9 Å². The highest BCUT2D eigenvalue weighted by molar-refractivity contribution is 6.34. The molecule has 3 rings (SSSR count). The molecule has 0 atom stereocenters. The summed E-state index contributed by atoms with van der Waals surface area (Å²) in [6.45, 7) is 4.08. The maximum Gasteiger partial charge on any atom is 0.338 e. The summed E-state index contributed by atoms with van der Waals surface area (Å²) in [4.78, 5) is 49.5. The SMILES string of the molecule is CC(C)COC(=O)c1cccc(N2C(=O)c3ccc(C(=O)O)cc3C2=O)c1. The maximum absolute atomic E-state index is 12.7. The molecule has 0 spiro atoms. The van der Waals surface area contributed by atoms with Gasteiger partial charge in [0.15, 0.2) is 0 Å². The molecule has 0 unspecified atom stereocenters. The van der Waals surface area contributed by atoms with Gasteiger partial charge in [0.2, 0.25) is 0 Å². The summed E-state index contributed by atoms with van der Waals surface area (Å²) < 4.78 is 5.17. The number of ether oxygens (including phenoxy) is 1. The molecule has 0 aliphatic carbocycles. The third-order valence-corrected chi connectivity index (χ3v) is 4.02. The van der Waals surface area contributed by atoms with Crippen molar-refractivity contribution in [3.8, 4) is 0 Å². The quantitative estimate of drug-likeness (QED) is 0.644. The van der Waals surface area contributed by atoms with Crippen molar-refractivity contribution >= 4 is 29.4 Å². The molecule has 2 amide bonds. The number of hydrogen-bond donors (Lipinski definition) is 1. The van der Waals surface area contributed by atoms with Crippen LogP contribution < -0.4 is 4.90 Å². The largest absolute Gasteiger partial charge is 0.478 e. The lowest BCUT2D eigenvalue weighted by Gasteiger charge is -2.15. The molecule has 0 saturated heterocycles. The molecule has 0 fully saturated rings. The van der Waals surface area contributed by atoms with E-state index in [4.69, 9.17) is 9.84 Å². The van der Waals surface area contributed by atoms with Gasteiger partial charge in [-0.1, -0.05) is 19.9 Å². The van der Waals surface area contributed by atoms with Crippen molar-refractivity contribution in [3.63, 3.8) is 0 Å². The van der Waals surface area contributed by atoms with Gasteiger partial charge in [-0.3, -0.25) is 9.59 Å². The zero-order valence-electron chi connectivity index (χ0n) is 14.8. The molecular formula is C20H17NO6. The number of rotatable bonds is 5. The number of nitrogens with zero attached hydrogens (tertiary/aromatic N) is 1. The molecule has 27 heavy (non-hydrogen) atoms. The Labute approximate surface area is 155 Å². The van der Waals surface area contributed by atoms with Crippen LogP contribution in [0.3, 0.4) is 0 Å². The topological polar surface area (TPSA) is 101 Å². The van der Waals surface area contributed by atoms with Crippen molar-refractivity contribution in [1.82, 2.24) is 0 Å². The van der Waals surface area contributed by atoms with Gasteiger partial charge in [0.25, 0.3) is 11.8 Å². The molecule has 1 N–H and O–H groups in total. The van der Waals surface area contributed by atoms with Crippen molar-refractivity contribution < 1.29 is 29.0 Å². The zero-order chi connectivity index (χ0) is 19.7. The number of fused-ring (bicyclic) bond motifs is 1. The molecule has 1 aliphatic rings. The van der Waals surface area contributed by atoms with Crippen molar-refractivity contribution in [1.29, 1.82) is 0 Å². The van der Waals surface area contributed by atoms with Gasteiger partial charge in [0, 0.05) is 0 Å². The van der Waals surface area contributed by atoms with Crippen LogP contribution in [0.1, 0.15) is 55.3 Å². The molecule has 2 aromatic rings. The second-order valence-corrected chi connectivity index (χ2v) is 6.55. The van der Waals surface area contributed by atoms with E-state index in [1.165, 1.54) is 36.4 Å². The Morgan fingerprint density at radius 3 is 2.37 bits per heavy atom. The predicted octanol–water partition coefficient (Wildman–Crippen LogP) is 3.00. The van der Waals surface area contributed by atoms with Crippen molar-refractivity contribution in [2.24, 2.45) is 5.92 Å². The molecule has 7 heteroatoms. The second kappa shape index (κ2) is 7.03. The molecule has 0 aromatic heterocycles. The van der Waals surface area contributed by atoms with Gasteiger partial charge < -0.3 is 9.84 Å². The summed E-state index contributed by atoms with van der Waals surface area (Å²) in [5.41, 5.74) is 0.501. The Kier molecular flexibility index (Phi) is 4.77. The van der Waals surface area contributed by atoms with Crippen LogP contribution in [0.5, 0.6) is 0 Å². The molecule has 0 saturated carbocycles. The number of benzene rings is 2. The van der Waals surface area contributed by atoms with Gasteiger partial charge in [-0.05, 0) is 42.3 Å². The number of imide groups is 1. The standard InChI is InChI=1S/C20H17NO6/c1-11(2)10-27-20(26)13-4-3-5-14(8-13)21-17(22)15-7-6-12(19(24)25)9-16(15)18(21)23/h3-9,11H,10H2,1-2H3,(H,24,25). The summed E-state index contributed by atoms with van der Waals surface area (Å²) in [5, 5.41) is 9.08. The fraction of sp³-hybridized carbons (Fsp3) is 0.200. The van der Waals surface area contributed by atoms with Gasteiger partial charge in [-0.25, -0.2) is 14.5 Å². The molecular weight excluding hydrogens is 350 g/mol. The lowest BCUT2D eigenvalue weighted by Crippen LogP contribution is -2.29. The Morgan fingerprint density at radius 1 is 1.00 bits per heavy atom. The predicted molar refractivity (Wildman–Crippen MR) is 96.1 cm³/mol. The van der Waals surface area contributed by atoms with Crippen LogP contribution in [0.4, 0.5) is 5.69 Å². The van der Waals surface area contributed by atoms with E-state index in [-0.39, 0.29) is 40.5 Å². The number of hydrogen-bond acceptors (Lipinski definition) is 5. The average Bonchev–Trinajstić information content (AvgIpc) is 2.90. The van der Waals surface area contributed by atoms with Crippen LogP contribution in [0.2, 0.25) is 0 Å². The average molecular weight is 367 g/mol. The van der Waals surface area contributed by atoms with E-state index in [0.29, 0.717) is 0 Å². The first-order chi connectivity index (χ1) is 12.8. The first-order valence-electron chi connectivity index (χ1n) is 8.33. The normalized spacial score (nSPS) is 13.1. The highest BCUT2D eigenvalue weighted by Gasteiger charge is 2.37. The minimum Gasteiger partial charge on any atom is -0.478 e. The van der Waals surface area contributed by atoms with Crippen LogP contribution in [0.25, 0.3) is 0 Å². The summed E-state index contributed by atoms with van der Waals surface area (Å²) in [6, 6.07) is 9.79. The number of anilines is 1. The monoisotopic (exact) mass is 367 g/mol. The zero-order valence-corrected chi connectivity index (χ0v) is 14.8. The smallest absolute Gasteiger partial charge is 0.338 e. The molecule has 1 heterocycles. The van der Waals surface area contributed by atoms with E-state index < -0.39 is 23.8 Å². The van der Waals surface area contributed by atoms with Crippen LogP contribution in [-0.2, 0) is 4.74 Å². The summed E-state index contributed by atoms with van der Waals surface area (Å²) >= 11 is 0. The number of aromatic carboxylic acids is 1. The molecule has 7 nitrogen and oxygen atoms in total. The van der Waals surface area contributed by atoms with Gasteiger partial charge in [0.05, 0.1) is 34.5 Å². The molecule has 2 aromatic carbocycles. The Hall–Kier alpha value is -3.48. The minimum atomic E-state index is -1.19. The van der Waals surface area contributed by atoms with Crippen LogP contribution in [-0.4, -0.2) is 35.5 Å². The van der Waals surface area contributed by atoms with Crippen molar-refractivity contribution in [3.05, 3.63) is 64.7 Å². The number of carbonyl (C=O) groups excluding carboxylic acids is 3. The van der Waals surface area contributed by atoms with Gasteiger partial charge in [-0.2, -0.15) is 0 Å². The van der Waals surface area contributed by atoms with E-state index in [1.54, 1.807) is 6.07 Å². The highest BCUT2D eigenvalue weighted by Crippen LogP contribution is 2.29. The van der Waals surface area contributed by atoms with E-state index in [9.17, 15) is 19.2 Å². The Morgan fingerprint density at radius 2 is 1.70 bits per heavy atom. The minimum absolute atomic E-state index is 0.0210. The number of carbonyl (C=O) groups is 4. The number of carboxylic acid groups (broad SMARTS) is 1.